The second kappa shape index (κ2) is 11.0. The first-order chi connectivity index (χ1) is 14.4. The van der Waals surface area contributed by atoms with Gasteiger partial charge in [0.1, 0.15) is 4.32 Å². The van der Waals surface area contributed by atoms with Crippen LogP contribution in [0.1, 0.15) is 36.8 Å². The fourth-order valence-corrected chi connectivity index (χ4v) is 4.70. The molecular formula is C22H30N4O2S2. The highest BCUT2D eigenvalue weighted by molar-refractivity contribution is 8.26. The number of carbonyl (C=O) groups is 2. The number of rotatable bonds is 8. The summed E-state index contributed by atoms with van der Waals surface area (Å²) in [6, 6.07) is 8.09. The Kier molecular flexibility index (Phi) is 8.44. The van der Waals surface area contributed by atoms with Gasteiger partial charge in [-0.25, -0.2) is 5.01 Å². The number of aryl methyl sites for hydroxylation is 1. The van der Waals surface area contributed by atoms with Crippen molar-refractivity contribution >= 4 is 46.2 Å². The Balaban J connectivity index is 1.36. The first kappa shape index (κ1) is 22.9. The van der Waals surface area contributed by atoms with Crippen molar-refractivity contribution in [3.8, 4) is 0 Å². The number of piperazine rings is 1. The van der Waals surface area contributed by atoms with Gasteiger partial charge in [0.2, 0.25) is 5.91 Å². The molecule has 0 spiro atoms. The molecule has 3 rings (SSSR count). The van der Waals surface area contributed by atoms with Gasteiger partial charge in [-0.2, -0.15) is 0 Å². The van der Waals surface area contributed by atoms with Crippen LogP contribution in [0.15, 0.2) is 29.2 Å². The zero-order chi connectivity index (χ0) is 21.5. The molecule has 2 amide bonds. The Morgan fingerprint density at radius 1 is 1.13 bits per heavy atom. The summed E-state index contributed by atoms with van der Waals surface area (Å²) in [6.07, 6.45) is 4.96. The van der Waals surface area contributed by atoms with Gasteiger partial charge in [-0.1, -0.05) is 60.2 Å². The predicted molar refractivity (Wildman–Crippen MR) is 127 cm³/mol. The number of benzene rings is 1. The Labute approximate surface area is 188 Å². The van der Waals surface area contributed by atoms with Crippen molar-refractivity contribution in [1.82, 2.24) is 20.2 Å². The number of thiocarbonyl (C=S) groups is 1. The highest BCUT2D eigenvalue weighted by Crippen LogP contribution is 2.32. The van der Waals surface area contributed by atoms with Gasteiger partial charge in [-0.15, -0.1) is 0 Å². The highest BCUT2D eigenvalue weighted by Gasteiger charge is 2.31. The van der Waals surface area contributed by atoms with Crippen LogP contribution >= 0.6 is 24.0 Å². The molecule has 0 bridgehead atoms. The van der Waals surface area contributed by atoms with Crippen LogP contribution in [0.4, 0.5) is 0 Å². The smallest absolute Gasteiger partial charge is 0.266 e. The summed E-state index contributed by atoms with van der Waals surface area (Å²) >= 11 is 6.77. The minimum Gasteiger partial charge on any atom is -0.304 e. The minimum absolute atomic E-state index is 0.0154. The first-order valence-corrected chi connectivity index (χ1v) is 11.7. The predicted octanol–water partition coefficient (Wildman–Crippen LogP) is 3.04. The van der Waals surface area contributed by atoms with E-state index in [0.29, 0.717) is 22.2 Å². The molecule has 2 saturated heterocycles. The molecule has 0 aliphatic carbocycles. The highest BCUT2D eigenvalue weighted by atomic mass is 32.2. The Morgan fingerprint density at radius 3 is 2.53 bits per heavy atom. The maximum Gasteiger partial charge on any atom is 0.266 e. The van der Waals surface area contributed by atoms with Crippen LogP contribution in [0.3, 0.4) is 0 Å². The fraction of sp³-hybridized carbons (Fsp3) is 0.500. The maximum atomic E-state index is 12.7. The summed E-state index contributed by atoms with van der Waals surface area (Å²) in [6.45, 7) is 6.33. The standard InChI is InChI=1S/C22H30N4O2S2/c1-17-7-9-18(10-8-17)16-19-21(28)26(22(29)30-19)11-5-3-4-6-20(27)23-25-14-12-24(2)13-15-25/h7-10,16H,3-6,11-15H2,1-2H3,(H,23,27)/b19-16-. The van der Waals surface area contributed by atoms with Gasteiger partial charge in [-0.05, 0) is 38.5 Å². The van der Waals surface area contributed by atoms with E-state index in [2.05, 4.69) is 17.4 Å². The van der Waals surface area contributed by atoms with E-state index in [1.165, 1.54) is 17.3 Å². The molecule has 2 heterocycles. The molecule has 1 aromatic rings. The molecule has 0 radical (unpaired) electrons. The van der Waals surface area contributed by atoms with Crippen molar-refractivity contribution in [1.29, 1.82) is 0 Å². The molecule has 0 atom stereocenters. The number of carbonyl (C=O) groups excluding carboxylic acids is 2. The Hall–Kier alpha value is -1.74. The van der Waals surface area contributed by atoms with Crippen LogP contribution in [0.25, 0.3) is 6.08 Å². The van der Waals surface area contributed by atoms with Gasteiger partial charge in [0, 0.05) is 39.1 Å². The lowest BCUT2D eigenvalue weighted by molar-refractivity contribution is -0.127. The van der Waals surface area contributed by atoms with Gasteiger partial charge in [-0.3, -0.25) is 19.9 Å². The molecule has 8 heteroatoms. The SMILES string of the molecule is Cc1ccc(/C=C2\SC(=S)N(CCCCCC(=O)NN3CCN(C)CC3)C2=O)cc1. The van der Waals surface area contributed by atoms with Crippen LogP contribution in [-0.2, 0) is 9.59 Å². The number of hydrogen-bond acceptors (Lipinski definition) is 6. The maximum absolute atomic E-state index is 12.7. The van der Waals surface area contributed by atoms with E-state index in [-0.39, 0.29) is 11.8 Å². The summed E-state index contributed by atoms with van der Waals surface area (Å²) in [7, 11) is 2.09. The lowest BCUT2D eigenvalue weighted by Crippen LogP contribution is -2.52. The third kappa shape index (κ3) is 6.63. The van der Waals surface area contributed by atoms with Crippen molar-refractivity contribution in [2.24, 2.45) is 0 Å². The molecule has 0 saturated carbocycles. The number of amides is 2. The summed E-state index contributed by atoms with van der Waals surface area (Å²) in [5.74, 6) is 0.0598. The minimum atomic E-state index is -0.0154. The second-order valence-corrected chi connectivity index (χ2v) is 9.56. The van der Waals surface area contributed by atoms with E-state index in [0.717, 1.165) is 51.0 Å². The van der Waals surface area contributed by atoms with E-state index in [1.54, 1.807) is 4.90 Å². The van der Waals surface area contributed by atoms with Gasteiger partial charge < -0.3 is 4.90 Å². The number of thioether (sulfide) groups is 1. The number of nitrogens with zero attached hydrogens (tertiary/aromatic N) is 3. The summed E-state index contributed by atoms with van der Waals surface area (Å²) < 4.78 is 0.617. The number of unbranched alkanes of at least 4 members (excludes halogenated alkanes) is 2. The van der Waals surface area contributed by atoms with E-state index in [4.69, 9.17) is 12.2 Å². The van der Waals surface area contributed by atoms with Gasteiger partial charge >= 0.3 is 0 Å². The second-order valence-electron chi connectivity index (χ2n) is 7.88. The van der Waals surface area contributed by atoms with Crippen LogP contribution in [-0.4, -0.2) is 70.7 Å². The van der Waals surface area contributed by atoms with E-state index >= 15 is 0 Å². The molecule has 0 aromatic heterocycles. The molecule has 0 unspecified atom stereocenters. The normalized spacial score (nSPS) is 19.7. The Bertz CT molecular complexity index is 802. The van der Waals surface area contributed by atoms with E-state index in [1.807, 2.05) is 42.3 Å². The summed E-state index contributed by atoms with van der Waals surface area (Å²) in [4.78, 5) is 29.4. The van der Waals surface area contributed by atoms with Crippen molar-refractivity contribution in [2.45, 2.75) is 32.6 Å². The van der Waals surface area contributed by atoms with Gasteiger partial charge in [0.25, 0.3) is 5.91 Å². The van der Waals surface area contributed by atoms with Crippen LogP contribution in [0.5, 0.6) is 0 Å². The lowest BCUT2D eigenvalue weighted by atomic mass is 10.1. The fourth-order valence-electron chi connectivity index (χ4n) is 3.39. The molecule has 1 aromatic carbocycles. The molecule has 6 nitrogen and oxygen atoms in total. The quantitative estimate of drug-likeness (QED) is 0.376. The Morgan fingerprint density at radius 2 is 1.83 bits per heavy atom. The average Bonchev–Trinajstić information content (AvgIpc) is 2.98. The van der Waals surface area contributed by atoms with Crippen molar-refractivity contribution in [3.05, 3.63) is 40.3 Å². The number of nitrogens with one attached hydrogen (secondary N) is 1. The van der Waals surface area contributed by atoms with Gasteiger partial charge in [0.15, 0.2) is 0 Å². The van der Waals surface area contributed by atoms with Crippen LogP contribution in [0.2, 0.25) is 0 Å². The zero-order valence-corrected chi connectivity index (χ0v) is 19.4. The third-order valence-corrected chi connectivity index (χ3v) is 6.70. The topological polar surface area (TPSA) is 55.9 Å². The lowest BCUT2D eigenvalue weighted by Gasteiger charge is -2.32. The monoisotopic (exact) mass is 446 g/mol. The van der Waals surface area contributed by atoms with Crippen LogP contribution < -0.4 is 5.43 Å². The largest absolute Gasteiger partial charge is 0.304 e. The molecule has 162 valence electrons. The molecule has 30 heavy (non-hydrogen) atoms. The molecule has 2 fully saturated rings. The van der Waals surface area contributed by atoms with E-state index < -0.39 is 0 Å². The van der Waals surface area contributed by atoms with Gasteiger partial charge in [0.05, 0.1) is 4.91 Å². The first-order valence-electron chi connectivity index (χ1n) is 10.5. The number of hydrazine groups is 1. The number of likely N-dealkylation sites (N-methyl/N-ethyl adjacent to an activating group) is 1. The number of hydrogen-bond donors (Lipinski definition) is 1. The summed E-state index contributed by atoms with van der Waals surface area (Å²) in [5, 5.41) is 2.00. The molecular weight excluding hydrogens is 416 g/mol. The molecule has 2 aliphatic heterocycles. The average molecular weight is 447 g/mol. The molecule has 1 N–H and O–H groups in total. The summed E-state index contributed by atoms with van der Waals surface area (Å²) in [5.41, 5.74) is 5.19. The van der Waals surface area contributed by atoms with Crippen molar-refractivity contribution < 1.29 is 9.59 Å². The van der Waals surface area contributed by atoms with Crippen molar-refractivity contribution in [3.63, 3.8) is 0 Å². The van der Waals surface area contributed by atoms with Crippen molar-refractivity contribution in [2.75, 3.05) is 39.8 Å². The third-order valence-electron chi connectivity index (χ3n) is 5.32. The van der Waals surface area contributed by atoms with Crippen LogP contribution in [0, 0.1) is 6.92 Å². The van der Waals surface area contributed by atoms with E-state index in [9.17, 15) is 9.59 Å². The molecule has 2 aliphatic rings. The zero-order valence-electron chi connectivity index (χ0n) is 17.7.